The molecule has 1 aromatic heterocycles. The summed E-state index contributed by atoms with van der Waals surface area (Å²) in [5.74, 6) is 1.79. The average molecular weight is 572 g/mol. The van der Waals surface area contributed by atoms with E-state index in [1.165, 1.54) is 5.56 Å². The van der Waals surface area contributed by atoms with Crippen molar-refractivity contribution < 1.29 is 4.79 Å². The third kappa shape index (κ3) is 6.69. The third-order valence-electron chi connectivity index (χ3n) is 8.06. The van der Waals surface area contributed by atoms with Crippen LogP contribution in [-0.2, 0) is 11.2 Å². The molecule has 0 radical (unpaired) electrons. The van der Waals surface area contributed by atoms with Gasteiger partial charge in [0.2, 0.25) is 5.91 Å². The van der Waals surface area contributed by atoms with Crippen LogP contribution >= 0.6 is 11.8 Å². The van der Waals surface area contributed by atoms with Crippen molar-refractivity contribution in [2.24, 2.45) is 5.92 Å². The van der Waals surface area contributed by atoms with E-state index in [4.69, 9.17) is 4.98 Å². The fraction of sp³-hybridized carbons (Fsp3) is 0.243. The van der Waals surface area contributed by atoms with Gasteiger partial charge in [-0.3, -0.25) is 9.36 Å². The normalized spacial score (nSPS) is 13.8. The minimum absolute atomic E-state index is 0.287. The van der Waals surface area contributed by atoms with E-state index >= 15 is 0 Å². The summed E-state index contributed by atoms with van der Waals surface area (Å²) in [5, 5.41) is 0.952. The second-order valence-corrected chi connectivity index (χ2v) is 12.0. The zero-order valence-electron chi connectivity index (χ0n) is 23.9. The van der Waals surface area contributed by atoms with E-state index in [0.717, 1.165) is 77.9 Å². The maximum absolute atomic E-state index is 13.1. The van der Waals surface area contributed by atoms with Crippen molar-refractivity contribution >= 4 is 17.7 Å². The van der Waals surface area contributed by atoms with Crippen LogP contribution in [0.2, 0.25) is 0 Å². The smallest absolute Gasteiger partial charge is 0.222 e. The van der Waals surface area contributed by atoms with Crippen molar-refractivity contribution in [3.05, 3.63) is 127 Å². The number of aromatic nitrogens is 2. The lowest BCUT2D eigenvalue weighted by atomic mass is 9.90. The second kappa shape index (κ2) is 13.7. The number of amides is 1. The van der Waals surface area contributed by atoms with Gasteiger partial charge >= 0.3 is 0 Å². The molecule has 1 saturated heterocycles. The molecule has 0 unspecified atom stereocenters. The van der Waals surface area contributed by atoms with Crippen LogP contribution in [0.1, 0.15) is 31.2 Å². The molecule has 1 amide bonds. The molecule has 5 heteroatoms. The van der Waals surface area contributed by atoms with Crippen molar-refractivity contribution in [3.8, 4) is 28.2 Å². The lowest BCUT2D eigenvalue weighted by Crippen LogP contribution is -2.38. The monoisotopic (exact) mass is 571 g/mol. The average Bonchev–Trinajstić information content (AvgIpc) is 3.44. The van der Waals surface area contributed by atoms with Crippen LogP contribution < -0.4 is 0 Å². The summed E-state index contributed by atoms with van der Waals surface area (Å²) >= 11 is 1.74. The van der Waals surface area contributed by atoms with Gasteiger partial charge < -0.3 is 4.90 Å². The van der Waals surface area contributed by atoms with E-state index in [1.54, 1.807) is 11.8 Å². The lowest BCUT2D eigenvalue weighted by molar-refractivity contribution is -0.132. The van der Waals surface area contributed by atoms with Gasteiger partial charge in [-0.2, -0.15) is 0 Å². The summed E-state index contributed by atoms with van der Waals surface area (Å²) < 4.78 is 2.28. The van der Waals surface area contributed by atoms with E-state index in [2.05, 4.69) is 113 Å². The maximum atomic E-state index is 13.1. The molecule has 0 aliphatic carbocycles. The first-order valence-corrected chi connectivity index (χ1v) is 16.0. The van der Waals surface area contributed by atoms with Gasteiger partial charge in [-0.25, -0.2) is 4.98 Å². The van der Waals surface area contributed by atoms with Gasteiger partial charge in [0.15, 0.2) is 5.16 Å². The Hall–Kier alpha value is -4.09. The largest absolute Gasteiger partial charge is 0.343 e. The fourth-order valence-corrected chi connectivity index (χ4v) is 6.80. The molecule has 0 N–H and O–H groups in total. The number of piperidine rings is 1. The lowest BCUT2D eigenvalue weighted by Gasteiger charge is -2.32. The molecule has 1 aliphatic heterocycles. The molecule has 0 bridgehead atoms. The van der Waals surface area contributed by atoms with E-state index in [9.17, 15) is 4.79 Å². The zero-order chi connectivity index (χ0) is 28.6. The number of carbonyl (C=O) groups excluding carboxylic acids is 1. The predicted molar refractivity (Wildman–Crippen MR) is 174 cm³/mol. The molecule has 42 heavy (non-hydrogen) atoms. The van der Waals surface area contributed by atoms with Gasteiger partial charge in [0, 0.05) is 42.1 Å². The van der Waals surface area contributed by atoms with E-state index < -0.39 is 0 Å². The molecular weight excluding hydrogens is 534 g/mol. The maximum Gasteiger partial charge on any atom is 0.222 e. The van der Waals surface area contributed by atoms with Crippen molar-refractivity contribution in [3.63, 3.8) is 0 Å². The number of imidazole rings is 1. The molecule has 5 aromatic rings. The highest BCUT2D eigenvalue weighted by molar-refractivity contribution is 7.99. The first kappa shape index (κ1) is 28.0. The molecule has 1 aliphatic rings. The number of benzene rings is 4. The van der Waals surface area contributed by atoms with E-state index in [-0.39, 0.29) is 5.91 Å². The summed E-state index contributed by atoms with van der Waals surface area (Å²) in [5.41, 5.74) is 6.78. The third-order valence-corrected chi connectivity index (χ3v) is 9.08. The number of carbonyl (C=O) groups is 1. The van der Waals surface area contributed by atoms with Crippen molar-refractivity contribution in [1.29, 1.82) is 0 Å². The standard InChI is InChI=1S/C37H37N3OS/c41-34(39-25-23-30(24-26-39)28-29-14-5-1-6-15-29)22-13-27-42-37-38-35(31-16-7-2-8-17-31)36(32-18-9-3-10-19-32)40(37)33-20-11-4-12-21-33/h1-12,14-21,30H,13,22-28H2. The Bertz CT molecular complexity index is 1560. The summed E-state index contributed by atoms with van der Waals surface area (Å²) in [6.45, 7) is 1.76. The van der Waals surface area contributed by atoms with Crippen LogP contribution in [0.4, 0.5) is 0 Å². The number of thioether (sulfide) groups is 1. The van der Waals surface area contributed by atoms with Crippen LogP contribution in [0.3, 0.4) is 0 Å². The Balaban J connectivity index is 1.14. The Kier molecular flexibility index (Phi) is 9.16. The Morgan fingerprint density at radius 2 is 1.31 bits per heavy atom. The molecule has 2 heterocycles. The van der Waals surface area contributed by atoms with Gasteiger partial charge in [-0.05, 0) is 49.3 Å². The molecule has 4 nitrogen and oxygen atoms in total. The van der Waals surface area contributed by atoms with E-state index in [1.807, 2.05) is 18.2 Å². The van der Waals surface area contributed by atoms with Crippen LogP contribution in [0.25, 0.3) is 28.2 Å². The number of likely N-dealkylation sites (tertiary alicyclic amines) is 1. The van der Waals surface area contributed by atoms with Crippen molar-refractivity contribution in [2.75, 3.05) is 18.8 Å². The summed E-state index contributed by atoms with van der Waals surface area (Å²) in [7, 11) is 0. The molecule has 1 fully saturated rings. The van der Waals surface area contributed by atoms with Gasteiger partial charge in [0.25, 0.3) is 0 Å². The summed E-state index contributed by atoms with van der Waals surface area (Å²) in [6, 6.07) is 42.1. The highest BCUT2D eigenvalue weighted by Crippen LogP contribution is 2.38. The number of hydrogen-bond donors (Lipinski definition) is 0. The summed E-state index contributed by atoms with van der Waals surface area (Å²) in [4.78, 5) is 20.4. The van der Waals surface area contributed by atoms with Crippen molar-refractivity contribution in [2.45, 2.75) is 37.3 Å². The molecule has 212 valence electrons. The predicted octanol–water partition coefficient (Wildman–Crippen LogP) is 8.56. The molecule has 0 saturated carbocycles. The molecular formula is C37H37N3OS. The number of rotatable bonds is 10. The fourth-order valence-electron chi connectivity index (χ4n) is 5.85. The zero-order valence-corrected chi connectivity index (χ0v) is 24.8. The van der Waals surface area contributed by atoms with Gasteiger partial charge in [-0.1, -0.05) is 121 Å². The Labute approximate surface area is 253 Å². The molecule has 6 rings (SSSR count). The number of nitrogens with zero attached hydrogens (tertiary/aromatic N) is 3. The van der Waals surface area contributed by atoms with Gasteiger partial charge in [0.05, 0.1) is 11.4 Å². The Morgan fingerprint density at radius 1 is 0.738 bits per heavy atom. The topological polar surface area (TPSA) is 38.1 Å². The molecule has 0 spiro atoms. The van der Waals surface area contributed by atoms with Crippen LogP contribution in [0.5, 0.6) is 0 Å². The molecule has 4 aromatic carbocycles. The van der Waals surface area contributed by atoms with Crippen LogP contribution in [0.15, 0.2) is 126 Å². The number of para-hydroxylation sites is 1. The second-order valence-electron chi connectivity index (χ2n) is 11.0. The first-order valence-electron chi connectivity index (χ1n) is 15.0. The van der Waals surface area contributed by atoms with Crippen LogP contribution in [-0.4, -0.2) is 39.2 Å². The minimum Gasteiger partial charge on any atom is -0.343 e. The van der Waals surface area contributed by atoms with E-state index in [0.29, 0.717) is 12.3 Å². The van der Waals surface area contributed by atoms with Gasteiger partial charge in [0.1, 0.15) is 0 Å². The number of hydrogen-bond acceptors (Lipinski definition) is 3. The SMILES string of the molecule is O=C(CCCSc1nc(-c2ccccc2)c(-c2ccccc2)n1-c1ccccc1)N1CCC(Cc2ccccc2)CC1. The van der Waals surface area contributed by atoms with Gasteiger partial charge in [-0.15, -0.1) is 0 Å². The highest BCUT2D eigenvalue weighted by Gasteiger charge is 2.24. The van der Waals surface area contributed by atoms with Crippen molar-refractivity contribution in [1.82, 2.24) is 14.5 Å². The minimum atomic E-state index is 0.287. The first-order chi connectivity index (χ1) is 20.8. The summed E-state index contributed by atoms with van der Waals surface area (Å²) in [6.07, 6.45) is 4.71. The highest BCUT2D eigenvalue weighted by atomic mass is 32.2. The Morgan fingerprint density at radius 3 is 1.95 bits per heavy atom. The quantitative estimate of drug-likeness (QED) is 0.124. The van der Waals surface area contributed by atoms with Crippen LogP contribution in [0, 0.1) is 5.92 Å². The molecule has 0 atom stereocenters.